The number of aromatic nitrogens is 2. The minimum absolute atomic E-state index is 0.0838. The van der Waals surface area contributed by atoms with Crippen LogP contribution in [0.25, 0.3) is 11.1 Å². The quantitative estimate of drug-likeness (QED) is 0.441. The molecule has 0 bridgehead atoms. The number of piperazine rings is 1. The van der Waals surface area contributed by atoms with Crippen molar-refractivity contribution in [3.05, 3.63) is 90.6 Å². The molecule has 9 nitrogen and oxygen atoms in total. The van der Waals surface area contributed by atoms with E-state index < -0.39 is 0 Å². The number of ether oxygens (including phenoxy) is 1. The third-order valence-electron chi connectivity index (χ3n) is 6.03. The van der Waals surface area contributed by atoms with Crippen molar-refractivity contribution in [2.24, 2.45) is 0 Å². The summed E-state index contributed by atoms with van der Waals surface area (Å²) < 4.78 is 10.4. The molecule has 0 radical (unpaired) electrons. The number of carbonyl (C=O) groups is 2. The fraction of sp³-hybridized carbons (Fsp3) is 0.185. The molecule has 0 atom stereocenters. The normalized spacial score (nSPS) is 13.4. The largest absolute Gasteiger partial charge is 0.497 e. The fourth-order valence-electron chi connectivity index (χ4n) is 4.04. The van der Waals surface area contributed by atoms with E-state index in [1.165, 1.54) is 6.26 Å². The number of carbonyl (C=O) groups excluding carboxylic acids is 2. The Hall–Kier alpha value is -4.66. The van der Waals surface area contributed by atoms with Crippen molar-refractivity contribution in [3.8, 4) is 16.9 Å². The van der Waals surface area contributed by atoms with Crippen LogP contribution in [0, 0.1) is 0 Å². The van der Waals surface area contributed by atoms with Gasteiger partial charge in [-0.25, -0.2) is 9.97 Å². The van der Waals surface area contributed by atoms with Gasteiger partial charge in [-0.15, -0.1) is 0 Å². The van der Waals surface area contributed by atoms with Gasteiger partial charge in [0.25, 0.3) is 11.8 Å². The Labute approximate surface area is 208 Å². The number of methoxy groups -OCH3 is 1. The molecule has 0 saturated carbocycles. The molecule has 0 unspecified atom stereocenters. The first-order valence-electron chi connectivity index (χ1n) is 11.6. The average molecular weight is 484 g/mol. The molecular formula is C27H25N5O4. The predicted octanol–water partition coefficient (Wildman–Crippen LogP) is 4.09. The van der Waals surface area contributed by atoms with Crippen molar-refractivity contribution in [1.29, 1.82) is 0 Å². The molecule has 1 aliphatic heterocycles. The highest BCUT2D eigenvalue weighted by Gasteiger charge is 2.26. The lowest BCUT2D eigenvalue weighted by Crippen LogP contribution is -2.50. The van der Waals surface area contributed by atoms with Gasteiger partial charge in [-0.1, -0.05) is 18.2 Å². The summed E-state index contributed by atoms with van der Waals surface area (Å²) in [7, 11) is 1.63. The Morgan fingerprint density at radius 1 is 0.861 bits per heavy atom. The number of anilines is 2. The molecule has 1 fully saturated rings. The van der Waals surface area contributed by atoms with E-state index in [9.17, 15) is 9.59 Å². The van der Waals surface area contributed by atoms with E-state index in [1.54, 1.807) is 53.6 Å². The van der Waals surface area contributed by atoms with Gasteiger partial charge in [0.1, 0.15) is 5.75 Å². The van der Waals surface area contributed by atoms with Gasteiger partial charge in [-0.3, -0.25) is 9.59 Å². The second kappa shape index (κ2) is 10.3. The van der Waals surface area contributed by atoms with Crippen molar-refractivity contribution in [1.82, 2.24) is 19.8 Å². The topological polar surface area (TPSA) is 101 Å². The minimum Gasteiger partial charge on any atom is -0.497 e. The Bertz CT molecular complexity index is 1330. The first-order chi connectivity index (χ1) is 17.6. The van der Waals surface area contributed by atoms with Crippen LogP contribution < -0.4 is 10.1 Å². The molecule has 4 aromatic rings. The predicted molar refractivity (Wildman–Crippen MR) is 134 cm³/mol. The Balaban J connectivity index is 1.20. The summed E-state index contributed by atoms with van der Waals surface area (Å²) in [4.78, 5) is 37.8. The van der Waals surface area contributed by atoms with E-state index in [0.717, 1.165) is 16.9 Å². The maximum Gasteiger partial charge on any atom is 0.289 e. The second-order valence-electron chi connectivity index (χ2n) is 8.29. The van der Waals surface area contributed by atoms with Crippen LogP contribution in [0.5, 0.6) is 5.75 Å². The number of nitrogens with zero attached hydrogens (tertiary/aromatic N) is 4. The van der Waals surface area contributed by atoms with Gasteiger partial charge < -0.3 is 24.3 Å². The summed E-state index contributed by atoms with van der Waals surface area (Å²) in [6.07, 6.45) is 4.97. The summed E-state index contributed by atoms with van der Waals surface area (Å²) >= 11 is 0. The lowest BCUT2D eigenvalue weighted by atomic mass is 10.1. The van der Waals surface area contributed by atoms with Crippen LogP contribution in [0.3, 0.4) is 0 Å². The fourth-order valence-corrected chi connectivity index (χ4v) is 4.04. The molecule has 3 heterocycles. The molecule has 1 saturated heterocycles. The number of hydrogen-bond donors (Lipinski definition) is 1. The van der Waals surface area contributed by atoms with Gasteiger partial charge in [0.2, 0.25) is 5.95 Å². The average Bonchev–Trinajstić information content (AvgIpc) is 3.48. The van der Waals surface area contributed by atoms with Crippen molar-refractivity contribution in [2.45, 2.75) is 0 Å². The van der Waals surface area contributed by atoms with Gasteiger partial charge in [-0.2, -0.15) is 0 Å². The molecular weight excluding hydrogens is 458 g/mol. The summed E-state index contributed by atoms with van der Waals surface area (Å²) in [5, 5.41) is 3.16. The maximum atomic E-state index is 13.1. The molecule has 2 aromatic carbocycles. The third kappa shape index (κ3) is 5.05. The number of rotatable bonds is 6. The first kappa shape index (κ1) is 23.1. The number of amides is 2. The number of nitrogens with one attached hydrogen (secondary N) is 1. The van der Waals surface area contributed by atoms with Crippen LogP contribution in [-0.4, -0.2) is 64.9 Å². The van der Waals surface area contributed by atoms with Crippen LogP contribution >= 0.6 is 0 Å². The van der Waals surface area contributed by atoms with Crippen LogP contribution in [0.1, 0.15) is 20.9 Å². The SMILES string of the molecule is COc1ccc(-c2cnc(Nc3cccc(C(=O)N4CCN(C(=O)c5ccco5)CC4)c3)nc2)cc1. The first-order valence-corrected chi connectivity index (χ1v) is 11.6. The van der Waals surface area contributed by atoms with Crippen LogP contribution in [0.15, 0.2) is 83.7 Å². The highest BCUT2D eigenvalue weighted by Crippen LogP contribution is 2.23. The van der Waals surface area contributed by atoms with Crippen LogP contribution in [-0.2, 0) is 0 Å². The second-order valence-corrected chi connectivity index (χ2v) is 8.29. The molecule has 182 valence electrons. The molecule has 1 N–H and O–H groups in total. The Kier molecular flexibility index (Phi) is 6.61. The monoisotopic (exact) mass is 483 g/mol. The Morgan fingerprint density at radius 3 is 2.19 bits per heavy atom. The smallest absolute Gasteiger partial charge is 0.289 e. The minimum atomic E-state index is -0.156. The number of benzene rings is 2. The number of hydrogen-bond acceptors (Lipinski definition) is 7. The standard InChI is InChI=1S/C27H25N5O4/c1-35-23-9-7-19(8-10-23)21-17-28-27(29-18-21)30-22-5-2-4-20(16-22)25(33)31-11-13-32(14-12-31)26(34)24-6-3-15-36-24/h2-10,15-18H,11-14H2,1H3,(H,28,29,30). The van der Waals surface area contributed by atoms with Crippen LogP contribution in [0.4, 0.5) is 11.6 Å². The van der Waals surface area contributed by atoms with Crippen molar-refractivity contribution < 1.29 is 18.7 Å². The van der Waals surface area contributed by atoms with Gasteiger partial charge in [-0.05, 0) is 48.0 Å². The van der Waals surface area contributed by atoms with E-state index in [1.807, 2.05) is 36.4 Å². The zero-order chi connectivity index (χ0) is 24.9. The molecule has 5 rings (SSSR count). The van der Waals surface area contributed by atoms with E-state index in [2.05, 4.69) is 15.3 Å². The maximum absolute atomic E-state index is 13.1. The lowest BCUT2D eigenvalue weighted by Gasteiger charge is -2.34. The lowest BCUT2D eigenvalue weighted by molar-refractivity contribution is 0.0518. The van der Waals surface area contributed by atoms with Crippen LogP contribution in [0.2, 0.25) is 0 Å². The molecule has 0 spiro atoms. The van der Waals surface area contributed by atoms with E-state index in [-0.39, 0.29) is 11.8 Å². The Morgan fingerprint density at radius 2 is 1.56 bits per heavy atom. The zero-order valence-electron chi connectivity index (χ0n) is 19.8. The molecule has 0 aliphatic carbocycles. The van der Waals surface area contributed by atoms with Crippen molar-refractivity contribution in [2.75, 3.05) is 38.6 Å². The van der Waals surface area contributed by atoms with Crippen molar-refractivity contribution in [3.63, 3.8) is 0 Å². The highest BCUT2D eigenvalue weighted by molar-refractivity contribution is 5.96. The van der Waals surface area contributed by atoms with E-state index in [4.69, 9.17) is 9.15 Å². The van der Waals surface area contributed by atoms with Gasteiger partial charge in [0.05, 0.1) is 13.4 Å². The molecule has 2 amide bonds. The van der Waals surface area contributed by atoms with E-state index in [0.29, 0.717) is 49.1 Å². The summed E-state index contributed by atoms with van der Waals surface area (Å²) in [6.45, 7) is 1.83. The summed E-state index contributed by atoms with van der Waals surface area (Å²) in [6, 6.07) is 18.3. The van der Waals surface area contributed by atoms with Crippen molar-refractivity contribution >= 4 is 23.5 Å². The molecule has 1 aliphatic rings. The van der Waals surface area contributed by atoms with Gasteiger partial charge in [0.15, 0.2) is 5.76 Å². The zero-order valence-corrected chi connectivity index (χ0v) is 19.8. The molecule has 36 heavy (non-hydrogen) atoms. The van der Waals surface area contributed by atoms with E-state index >= 15 is 0 Å². The number of furan rings is 1. The summed E-state index contributed by atoms with van der Waals surface area (Å²) in [5.41, 5.74) is 3.14. The summed E-state index contributed by atoms with van der Waals surface area (Å²) in [5.74, 6) is 1.29. The molecule has 2 aromatic heterocycles. The third-order valence-corrected chi connectivity index (χ3v) is 6.03. The molecule has 9 heteroatoms. The van der Waals surface area contributed by atoms with Gasteiger partial charge >= 0.3 is 0 Å². The van der Waals surface area contributed by atoms with Gasteiger partial charge in [0, 0.05) is 55.4 Å². The highest BCUT2D eigenvalue weighted by atomic mass is 16.5.